The van der Waals surface area contributed by atoms with Crippen LogP contribution in [0.25, 0.3) is 22.3 Å². The summed E-state index contributed by atoms with van der Waals surface area (Å²) in [5, 5.41) is 17.7. The number of fused-ring (bicyclic) bond motifs is 1. The van der Waals surface area contributed by atoms with Crippen molar-refractivity contribution in [2.24, 2.45) is 7.05 Å². The van der Waals surface area contributed by atoms with E-state index in [4.69, 9.17) is 5.11 Å². The molecule has 0 amide bonds. The Hall–Kier alpha value is -2.84. The van der Waals surface area contributed by atoms with Crippen molar-refractivity contribution in [1.82, 2.24) is 24.5 Å². The van der Waals surface area contributed by atoms with Crippen LogP contribution in [-0.4, -0.2) is 35.6 Å². The van der Waals surface area contributed by atoms with Crippen molar-refractivity contribution in [2.45, 2.75) is 31.7 Å². The minimum absolute atomic E-state index is 0.0982. The highest BCUT2D eigenvalue weighted by Gasteiger charge is 2.33. The van der Waals surface area contributed by atoms with Gasteiger partial charge in [0, 0.05) is 30.3 Å². The van der Waals surface area contributed by atoms with Crippen LogP contribution in [0.4, 0.5) is 8.78 Å². The maximum absolute atomic E-state index is 13.7. The Balaban J connectivity index is 1.99. The van der Waals surface area contributed by atoms with E-state index in [1.165, 1.54) is 16.9 Å². The Kier molecular flexibility index (Phi) is 3.52. The minimum atomic E-state index is -2.71. The van der Waals surface area contributed by atoms with Crippen LogP contribution in [0.5, 0.6) is 0 Å². The lowest BCUT2D eigenvalue weighted by atomic mass is 10.1. The molecule has 0 spiro atoms. The molecule has 9 heteroatoms. The molecule has 0 bridgehead atoms. The third-order valence-corrected chi connectivity index (χ3v) is 4.24. The fourth-order valence-corrected chi connectivity index (χ4v) is 2.98. The second-order valence-electron chi connectivity index (χ2n) is 6.21. The maximum atomic E-state index is 13.7. The van der Waals surface area contributed by atoms with Crippen LogP contribution >= 0.6 is 0 Å². The van der Waals surface area contributed by atoms with Gasteiger partial charge in [0.05, 0.1) is 23.0 Å². The number of aliphatic carboxylic acids is 1. The molecule has 1 aliphatic carbocycles. The zero-order valence-electron chi connectivity index (χ0n) is 13.4. The van der Waals surface area contributed by atoms with E-state index in [0.717, 1.165) is 12.8 Å². The number of rotatable bonds is 5. The number of aromatic nitrogens is 5. The number of aryl methyl sites for hydroxylation is 1. The predicted molar refractivity (Wildman–Crippen MR) is 84.3 cm³/mol. The number of carboxylic acids is 1. The second-order valence-corrected chi connectivity index (χ2v) is 6.21. The molecule has 25 heavy (non-hydrogen) atoms. The lowest BCUT2D eigenvalue weighted by molar-refractivity contribution is -0.137. The van der Waals surface area contributed by atoms with Gasteiger partial charge in [-0.05, 0) is 18.9 Å². The summed E-state index contributed by atoms with van der Waals surface area (Å²) in [5.74, 6) is -1.000. The van der Waals surface area contributed by atoms with E-state index < -0.39 is 18.9 Å². The fourth-order valence-electron chi connectivity index (χ4n) is 2.98. The van der Waals surface area contributed by atoms with Gasteiger partial charge < -0.3 is 5.11 Å². The highest BCUT2D eigenvalue weighted by Crippen LogP contribution is 2.45. The predicted octanol–water partition coefficient (Wildman–Crippen LogP) is 2.73. The third-order valence-electron chi connectivity index (χ3n) is 4.24. The largest absolute Gasteiger partial charge is 0.480 e. The lowest BCUT2D eigenvalue weighted by Crippen LogP contribution is -2.11. The van der Waals surface area contributed by atoms with Crippen molar-refractivity contribution < 1.29 is 18.7 Å². The van der Waals surface area contributed by atoms with Gasteiger partial charge in [0.1, 0.15) is 6.54 Å². The summed E-state index contributed by atoms with van der Waals surface area (Å²) in [6.07, 6.45) is 2.23. The van der Waals surface area contributed by atoms with E-state index in [-0.39, 0.29) is 22.5 Å². The second kappa shape index (κ2) is 5.61. The molecule has 3 aromatic rings. The van der Waals surface area contributed by atoms with Gasteiger partial charge in [-0.2, -0.15) is 10.2 Å². The van der Waals surface area contributed by atoms with Gasteiger partial charge in [-0.3, -0.25) is 9.48 Å². The lowest BCUT2D eigenvalue weighted by Gasteiger charge is -2.07. The highest BCUT2D eigenvalue weighted by molar-refractivity contribution is 5.87. The van der Waals surface area contributed by atoms with Crippen LogP contribution in [0.15, 0.2) is 18.5 Å². The van der Waals surface area contributed by atoms with Crippen LogP contribution in [0.1, 0.15) is 36.4 Å². The van der Waals surface area contributed by atoms with Crippen LogP contribution in [0, 0.1) is 0 Å². The Morgan fingerprint density at radius 3 is 2.76 bits per heavy atom. The van der Waals surface area contributed by atoms with E-state index in [9.17, 15) is 13.6 Å². The fraction of sp³-hybridized carbons (Fsp3) is 0.375. The number of alkyl halides is 2. The summed E-state index contributed by atoms with van der Waals surface area (Å²) in [6.45, 7) is -0.421. The first-order valence-corrected chi connectivity index (χ1v) is 7.84. The molecule has 4 rings (SSSR count). The molecule has 0 aliphatic heterocycles. The highest BCUT2D eigenvalue weighted by atomic mass is 19.3. The molecule has 3 aromatic heterocycles. The molecule has 130 valence electrons. The molecular formula is C16H15F2N5O2. The standard InChI is InChI=1S/C16H15F2N5O2/c1-22-6-9(5-19-22)11-4-10(15(17)18)13-14(8-2-3-8)21-23(7-12(24)25)16(13)20-11/h4-6,8,15H,2-3,7H2,1H3,(H,24,25). The molecule has 0 aromatic carbocycles. The molecular weight excluding hydrogens is 332 g/mol. The van der Waals surface area contributed by atoms with Gasteiger partial charge in [-0.1, -0.05) is 0 Å². The summed E-state index contributed by atoms with van der Waals surface area (Å²) in [7, 11) is 1.72. The van der Waals surface area contributed by atoms with E-state index >= 15 is 0 Å². The van der Waals surface area contributed by atoms with Gasteiger partial charge in [0.15, 0.2) is 5.65 Å². The van der Waals surface area contributed by atoms with E-state index in [2.05, 4.69) is 15.2 Å². The van der Waals surface area contributed by atoms with Gasteiger partial charge in [0.2, 0.25) is 0 Å². The number of halogens is 2. The molecule has 1 fully saturated rings. The number of hydrogen-bond acceptors (Lipinski definition) is 4. The SMILES string of the molecule is Cn1cc(-c2cc(C(F)F)c3c(C4CC4)nn(CC(=O)O)c3n2)cn1. The zero-order valence-corrected chi connectivity index (χ0v) is 13.4. The zero-order chi connectivity index (χ0) is 17.7. The van der Waals surface area contributed by atoms with Crippen LogP contribution in [-0.2, 0) is 18.4 Å². The normalized spacial score (nSPS) is 14.6. The first-order chi connectivity index (χ1) is 11.9. The topological polar surface area (TPSA) is 85.8 Å². The average Bonchev–Trinajstić information content (AvgIpc) is 3.21. The number of nitrogens with zero attached hydrogens (tertiary/aromatic N) is 5. The molecule has 3 heterocycles. The maximum Gasteiger partial charge on any atom is 0.325 e. The van der Waals surface area contributed by atoms with Crippen molar-refractivity contribution in [3.8, 4) is 11.3 Å². The molecule has 1 saturated carbocycles. The monoisotopic (exact) mass is 347 g/mol. The van der Waals surface area contributed by atoms with Gasteiger partial charge in [-0.25, -0.2) is 18.4 Å². The first kappa shape index (κ1) is 15.7. The molecule has 7 nitrogen and oxygen atoms in total. The number of pyridine rings is 1. The molecule has 0 unspecified atom stereocenters. The van der Waals surface area contributed by atoms with E-state index in [1.807, 2.05) is 0 Å². The van der Waals surface area contributed by atoms with Crippen LogP contribution in [0.3, 0.4) is 0 Å². The van der Waals surface area contributed by atoms with Crippen molar-refractivity contribution in [3.05, 3.63) is 29.7 Å². The third kappa shape index (κ3) is 2.75. The summed E-state index contributed by atoms with van der Waals surface area (Å²) in [4.78, 5) is 15.6. The Labute approximate surface area is 140 Å². The van der Waals surface area contributed by atoms with Crippen molar-refractivity contribution in [1.29, 1.82) is 0 Å². The van der Waals surface area contributed by atoms with Gasteiger partial charge in [-0.15, -0.1) is 0 Å². The molecule has 0 radical (unpaired) electrons. The number of carboxylic acid groups (broad SMARTS) is 1. The van der Waals surface area contributed by atoms with Gasteiger partial charge >= 0.3 is 5.97 Å². The van der Waals surface area contributed by atoms with Crippen molar-refractivity contribution >= 4 is 17.0 Å². The van der Waals surface area contributed by atoms with Gasteiger partial charge in [0.25, 0.3) is 6.43 Å². The number of hydrogen-bond donors (Lipinski definition) is 1. The van der Waals surface area contributed by atoms with E-state index in [1.54, 1.807) is 17.9 Å². The molecule has 0 saturated heterocycles. The summed E-state index contributed by atoms with van der Waals surface area (Å²) in [5.41, 5.74) is 1.45. The minimum Gasteiger partial charge on any atom is -0.480 e. The first-order valence-electron chi connectivity index (χ1n) is 7.84. The smallest absolute Gasteiger partial charge is 0.325 e. The van der Waals surface area contributed by atoms with Crippen LogP contribution < -0.4 is 0 Å². The quantitative estimate of drug-likeness (QED) is 0.767. The summed E-state index contributed by atoms with van der Waals surface area (Å²) >= 11 is 0. The Bertz CT molecular complexity index is 974. The average molecular weight is 347 g/mol. The Morgan fingerprint density at radius 1 is 1.44 bits per heavy atom. The number of carbonyl (C=O) groups is 1. The van der Waals surface area contributed by atoms with Crippen molar-refractivity contribution in [3.63, 3.8) is 0 Å². The molecule has 1 aliphatic rings. The summed E-state index contributed by atoms with van der Waals surface area (Å²) < 4.78 is 30.2. The molecule has 1 N–H and O–H groups in total. The van der Waals surface area contributed by atoms with E-state index in [0.29, 0.717) is 17.0 Å². The Morgan fingerprint density at radius 2 is 2.20 bits per heavy atom. The molecule has 0 atom stereocenters. The van der Waals surface area contributed by atoms with Crippen molar-refractivity contribution in [2.75, 3.05) is 0 Å². The summed E-state index contributed by atoms with van der Waals surface area (Å²) in [6, 6.07) is 1.35. The van der Waals surface area contributed by atoms with Crippen LogP contribution in [0.2, 0.25) is 0 Å².